The summed E-state index contributed by atoms with van der Waals surface area (Å²) in [5.74, 6) is -0.205. The molecule has 0 aliphatic carbocycles. The Morgan fingerprint density at radius 2 is 0.827 bits per heavy atom. The molecule has 10 nitrogen and oxygen atoms in total. The zero-order valence-electron chi connectivity index (χ0n) is 61.2. The summed E-state index contributed by atoms with van der Waals surface area (Å²) in [5, 5.41) is 9.24. The first-order valence-electron chi connectivity index (χ1n) is 32.7. The Morgan fingerprint density at radius 3 is 1.17 bits per heavy atom. The van der Waals surface area contributed by atoms with Crippen molar-refractivity contribution in [2.24, 2.45) is 0 Å². The summed E-state index contributed by atoms with van der Waals surface area (Å²) in [7, 11) is 8.65. The van der Waals surface area contributed by atoms with E-state index < -0.39 is 11.8 Å². The summed E-state index contributed by atoms with van der Waals surface area (Å²) in [6.45, 7) is 36.9. The fourth-order valence-electron chi connectivity index (χ4n) is 9.40. The van der Waals surface area contributed by atoms with Gasteiger partial charge in [0.05, 0.1) is 40.8 Å². The number of carboxylic acids is 1. The van der Waals surface area contributed by atoms with Crippen LogP contribution >= 0.6 is 45.6 Å². The SMILES string of the molecule is CC(C)(C)c1ccc(-c2ccc(C(=O)O)c(F)c2)s1.CC(C)Oc1ccc(-c2ccc(C(C)(C)C)cn2)cc1.CN(C)C(=O)c1ccc(-c2ccc(C(C)(C)C)cn2)cc1Cl.CN(C)C(=O)c1ccc(-c2ccc(C(C)(C)C)s2)cc1.COc1ccc(-c2ccc(C(C)(C)C)s2)cc1. The number of aromatic carboxylic acids is 1. The Hall–Kier alpha value is -8.27. The van der Waals surface area contributed by atoms with Crippen LogP contribution in [-0.2, 0) is 27.1 Å². The maximum absolute atomic E-state index is 13.7. The van der Waals surface area contributed by atoms with Crippen LogP contribution in [0.2, 0.25) is 5.02 Å². The van der Waals surface area contributed by atoms with Gasteiger partial charge in [-0.1, -0.05) is 152 Å². The van der Waals surface area contributed by atoms with Gasteiger partial charge in [-0.25, -0.2) is 9.18 Å². The molecule has 98 heavy (non-hydrogen) atoms. The van der Waals surface area contributed by atoms with Crippen LogP contribution in [0.5, 0.6) is 11.5 Å². The van der Waals surface area contributed by atoms with Crippen LogP contribution in [0.3, 0.4) is 0 Å². The molecule has 0 atom stereocenters. The lowest BCUT2D eigenvalue weighted by Crippen LogP contribution is -2.21. The van der Waals surface area contributed by atoms with E-state index in [2.05, 4.69) is 181 Å². The molecule has 0 aliphatic rings. The third-order valence-corrected chi connectivity index (χ3v) is 20.4. The maximum atomic E-state index is 13.7. The monoisotopic (exact) mass is 1400 g/mol. The molecule has 2 amide bonds. The molecule has 15 heteroatoms. The van der Waals surface area contributed by atoms with Gasteiger partial charge in [-0.15, -0.1) is 34.0 Å². The number of carbonyl (C=O) groups excluding carboxylic acids is 2. The van der Waals surface area contributed by atoms with Gasteiger partial charge in [-0.05, 0) is 202 Å². The lowest BCUT2D eigenvalue weighted by atomic mass is 9.88. The number of carboxylic acid groups (broad SMARTS) is 1. The molecule has 10 rings (SSSR count). The number of hydrogen-bond acceptors (Lipinski definition) is 10. The van der Waals surface area contributed by atoms with E-state index in [9.17, 15) is 18.8 Å². The smallest absolute Gasteiger partial charge is 0.338 e. The van der Waals surface area contributed by atoms with Crippen LogP contribution in [0.15, 0.2) is 182 Å². The number of ether oxygens (including phenoxy) is 2. The van der Waals surface area contributed by atoms with Crippen LogP contribution in [-0.4, -0.2) is 84.1 Å². The highest BCUT2D eigenvalue weighted by Gasteiger charge is 2.22. The second-order valence-electron chi connectivity index (χ2n) is 29.7. The molecule has 0 saturated carbocycles. The number of halogens is 2. The van der Waals surface area contributed by atoms with Gasteiger partial charge >= 0.3 is 5.97 Å². The van der Waals surface area contributed by atoms with Crippen LogP contribution in [0.4, 0.5) is 4.39 Å². The van der Waals surface area contributed by atoms with Gasteiger partial charge < -0.3 is 24.4 Å². The summed E-state index contributed by atoms with van der Waals surface area (Å²) in [5.41, 5.74) is 11.0. The van der Waals surface area contributed by atoms with Crippen molar-refractivity contribution in [3.63, 3.8) is 0 Å². The number of methoxy groups -OCH3 is 1. The average molecular weight is 1400 g/mol. The van der Waals surface area contributed by atoms with Gasteiger partial charge in [-0.2, -0.15) is 0 Å². The van der Waals surface area contributed by atoms with E-state index in [0.29, 0.717) is 16.1 Å². The first-order valence-corrected chi connectivity index (χ1v) is 35.5. The first kappa shape index (κ1) is 78.7. The molecule has 1 N–H and O–H groups in total. The van der Waals surface area contributed by atoms with E-state index >= 15 is 0 Å². The van der Waals surface area contributed by atoms with Gasteiger partial charge in [0.15, 0.2) is 0 Å². The minimum Gasteiger partial charge on any atom is -0.497 e. The van der Waals surface area contributed by atoms with Gasteiger partial charge in [-0.3, -0.25) is 19.6 Å². The van der Waals surface area contributed by atoms with Crippen molar-refractivity contribution in [1.82, 2.24) is 19.8 Å². The summed E-state index contributed by atoms with van der Waals surface area (Å²) in [6, 6.07) is 54.9. The van der Waals surface area contributed by atoms with Crippen molar-refractivity contribution < 1.29 is 33.4 Å². The molecule has 5 aromatic carbocycles. The Labute approximate surface area is 599 Å². The third kappa shape index (κ3) is 22.6. The number of aromatic nitrogens is 2. The van der Waals surface area contributed by atoms with Gasteiger partial charge in [0.25, 0.3) is 11.8 Å². The van der Waals surface area contributed by atoms with Crippen LogP contribution in [0, 0.1) is 5.82 Å². The van der Waals surface area contributed by atoms with Gasteiger partial charge in [0.2, 0.25) is 0 Å². The standard InChI is InChI=1S/C18H21ClN2O.C18H23NO.C17H21NOS.C15H15FO2S.C15H18OS/c1-18(2,3)13-7-9-16(20-11-13)12-6-8-14(15(19)10-12)17(22)21(4)5;1-13(2)20-16-9-6-14(7-10-16)17-11-8-15(12-19-17)18(3,4)5;1-17(2,3)15-11-10-14(20-15)12-6-8-13(9-7-12)16(19)18(4)5;1-15(2,3)13-7-6-12(19-13)9-4-5-10(14(17)18)11(16)8-9;1-15(2,3)14-10-9-13(17-14)11-5-7-12(16-4)8-6-11/h6-11H,1-5H3;6-13H,1-5H3;6-11H,1-5H3;4-8H,1-3H3,(H,17,18);5-10H,1-4H3. The van der Waals surface area contributed by atoms with E-state index in [0.717, 1.165) is 44.5 Å². The fraction of sp³-hybridized carbons (Fsp3) is 0.337. The topological polar surface area (TPSA) is 122 Å². The van der Waals surface area contributed by atoms with Gasteiger partial charge in [0, 0.05) is 86.5 Å². The normalized spacial score (nSPS) is 11.5. The molecule has 10 aromatic rings. The number of nitrogens with zero attached hydrogens (tertiary/aromatic N) is 4. The quantitative estimate of drug-likeness (QED) is 0.136. The molecule has 0 radical (unpaired) electrons. The van der Waals surface area contributed by atoms with E-state index in [-0.39, 0.29) is 50.6 Å². The van der Waals surface area contributed by atoms with Crippen molar-refractivity contribution >= 4 is 63.4 Å². The molecule has 0 unspecified atom stereocenters. The molecule has 5 aromatic heterocycles. The Bertz CT molecular complexity index is 4230. The molecular formula is C83H98ClFN4O6S3. The van der Waals surface area contributed by atoms with E-state index in [4.69, 9.17) is 26.2 Å². The maximum Gasteiger partial charge on any atom is 0.338 e. The predicted octanol–water partition coefficient (Wildman–Crippen LogP) is 22.9. The van der Waals surface area contributed by atoms with Crippen molar-refractivity contribution in [2.45, 2.75) is 151 Å². The van der Waals surface area contributed by atoms with Crippen molar-refractivity contribution in [2.75, 3.05) is 35.3 Å². The zero-order chi connectivity index (χ0) is 72.8. The summed E-state index contributed by atoms with van der Waals surface area (Å²) >= 11 is 11.5. The van der Waals surface area contributed by atoms with Crippen LogP contribution < -0.4 is 9.47 Å². The van der Waals surface area contributed by atoms with E-state index in [1.165, 1.54) is 63.7 Å². The molecular weight excluding hydrogens is 1300 g/mol. The van der Waals surface area contributed by atoms with Crippen molar-refractivity contribution in [1.29, 1.82) is 0 Å². The Morgan fingerprint density at radius 1 is 0.449 bits per heavy atom. The van der Waals surface area contributed by atoms with Crippen LogP contribution in [0.1, 0.15) is 175 Å². The lowest BCUT2D eigenvalue weighted by Gasteiger charge is -2.18. The number of pyridine rings is 2. The summed E-state index contributed by atoms with van der Waals surface area (Å²) < 4.78 is 24.5. The number of carbonyl (C=O) groups is 3. The molecule has 0 bridgehead atoms. The molecule has 0 saturated heterocycles. The summed E-state index contributed by atoms with van der Waals surface area (Å²) in [6.07, 6.45) is 4.06. The minimum atomic E-state index is -1.24. The Balaban J connectivity index is 0.000000194. The number of amides is 2. The first-order chi connectivity index (χ1) is 45.6. The number of thiophene rings is 3. The highest BCUT2D eigenvalue weighted by atomic mass is 35.5. The molecule has 0 fully saturated rings. The zero-order valence-corrected chi connectivity index (χ0v) is 64.4. The van der Waals surface area contributed by atoms with Crippen molar-refractivity contribution in [3.8, 4) is 65.3 Å². The average Bonchev–Trinajstić information content (AvgIpc) is 0.988. The second-order valence-corrected chi connectivity index (χ2v) is 33.4. The second kappa shape index (κ2) is 33.5. The molecule has 518 valence electrons. The lowest BCUT2D eigenvalue weighted by molar-refractivity contribution is 0.0690. The largest absolute Gasteiger partial charge is 0.497 e. The molecule has 0 spiro atoms. The Kier molecular flexibility index (Phi) is 26.9. The van der Waals surface area contributed by atoms with E-state index in [1.807, 2.05) is 122 Å². The summed E-state index contributed by atoms with van der Waals surface area (Å²) in [4.78, 5) is 54.3. The predicted molar refractivity (Wildman–Crippen MR) is 412 cm³/mol. The van der Waals surface area contributed by atoms with Crippen molar-refractivity contribution in [3.05, 3.63) is 236 Å². The highest BCUT2D eigenvalue weighted by Crippen LogP contribution is 2.39. The highest BCUT2D eigenvalue weighted by molar-refractivity contribution is 7.16. The minimum absolute atomic E-state index is 0.0399. The fourth-order valence-corrected chi connectivity index (χ4v) is 12.9. The van der Waals surface area contributed by atoms with Gasteiger partial charge in [0.1, 0.15) is 17.3 Å². The molecule has 5 heterocycles. The third-order valence-electron chi connectivity index (χ3n) is 15.4. The number of hydrogen-bond donors (Lipinski definition) is 1. The molecule has 0 aliphatic heterocycles. The number of benzene rings is 5. The number of rotatable bonds is 11. The van der Waals surface area contributed by atoms with Crippen LogP contribution in [0.25, 0.3) is 53.8 Å². The van der Waals surface area contributed by atoms with E-state index in [1.54, 1.807) is 69.7 Å².